The summed E-state index contributed by atoms with van der Waals surface area (Å²) in [6.45, 7) is 0. The molecular weight excluding hydrogens is 277 g/mol. The number of aromatic nitrogens is 2. The van der Waals surface area contributed by atoms with Crippen molar-refractivity contribution in [2.24, 2.45) is 0 Å². The monoisotopic (exact) mass is 289 g/mol. The minimum Gasteiger partial charge on any atom is -0.312 e. The molecule has 1 heterocycles. The van der Waals surface area contributed by atoms with E-state index in [1.165, 1.54) is 36.5 Å². The van der Waals surface area contributed by atoms with Gasteiger partial charge in [-0.3, -0.25) is 14.6 Å². The number of ketones is 1. The zero-order valence-corrected chi connectivity index (χ0v) is 10.9. The van der Waals surface area contributed by atoms with E-state index in [4.69, 9.17) is 0 Å². The van der Waals surface area contributed by atoms with Gasteiger partial charge in [0.15, 0.2) is 5.78 Å². The number of nitrogens with zero attached hydrogens (tertiary/aromatic N) is 1. The molecule has 2 aromatic rings. The summed E-state index contributed by atoms with van der Waals surface area (Å²) in [6.07, 6.45) is 1.21. The van der Waals surface area contributed by atoms with E-state index in [1.54, 1.807) is 0 Å². The van der Waals surface area contributed by atoms with Gasteiger partial charge in [-0.25, -0.2) is 14.2 Å². The predicted molar refractivity (Wildman–Crippen MR) is 73.5 cm³/mol. The highest BCUT2D eigenvalue weighted by Gasteiger charge is 2.10. The van der Waals surface area contributed by atoms with Gasteiger partial charge in [-0.15, -0.1) is 0 Å². The summed E-state index contributed by atoms with van der Waals surface area (Å²) in [5, 5.41) is 2.45. The van der Waals surface area contributed by atoms with Gasteiger partial charge in [0.05, 0.1) is 0 Å². The third-order valence-electron chi connectivity index (χ3n) is 2.69. The fourth-order valence-corrected chi connectivity index (χ4v) is 1.66. The maximum absolute atomic E-state index is 12.7. The molecule has 0 unspecified atom stereocenters. The molecule has 7 heteroatoms. The Labute approximate surface area is 119 Å². The van der Waals surface area contributed by atoms with Crippen LogP contribution in [0.4, 0.5) is 10.2 Å². The first kappa shape index (κ1) is 14.6. The number of benzene rings is 1. The van der Waals surface area contributed by atoms with Crippen LogP contribution in [0.25, 0.3) is 0 Å². The smallest absolute Gasteiger partial charge is 0.312 e. The number of carbonyl (C=O) groups is 2. The molecule has 0 saturated heterocycles. The second-order valence-electron chi connectivity index (χ2n) is 4.27. The lowest BCUT2D eigenvalue weighted by Gasteiger charge is -2.04. The number of hydrogen-bond donors (Lipinski definition) is 2. The normalized spacial score (nSPS) is 10.1. The first-order valence-corrected chi connectivity index (χ1v) is 6.18. The van der Waals surface area contributed by atoms with Crippen molar-refractivity contribution in [2.75, 3.05) is 5.32 Å². The summed E-state index contributed by atoms with van der Waals surface area (Å²) >= 11 is 0. The first-order valence-electron chi connectivity index (χ1n) is 6.18. The Morgan fingerprint density at radius 2 is 1.86 bits per heavy atom. The summed E-state index contributed by atoms with van der Waals surface area (Å²) in [7, 11) is 0. The molecule has 0 bridgehead atoms. The molecule has 1 amide bonds. The van der Waals surface area contributed by atoms with Gasteiger partial charge >= 0.3 is 5.69 Å². The number of Topliss-reactive ketones (excluding diaryl/α,β-unsaturated/α-hetero) is 1. The molecule has 0 aliphatic heterocycles. The van der Waals surface area contributed by atoms with E-state index in [0.717, 1.165) is 0 Å². The van der Waals surface area contributed by atoms with Crippen LogP contribution in [-0.4, -0.2) is 21.7 Å². The lowest BCUT2D eigenvalue weighted by molar-refractivity contribution is -0.116. The molecule has 0 atom stereocenters. The SMILES string of the molecule is O=C(CCC(=O)c1ccc(F)cc1)Nc1ccnc(=O)[nH]1. The zero-order chi connectivity index (χ0) is 15.2. The Kier molecular flexibility index (Phi) is 4.55. The molecule has 1 aromatic heterocycles. The average Bonchev–Trinajstić information content (AvgIpc) is 2.45. The maximum atomic E-state index is 12.7. The van der Waals surface area contributed by atoms with Crippen LogP contribution in [0.3, 0.4) is 0 Å². The van der Waals surface area contributed by atoms with Gasteiger partial charge in [0.25, 0.3) is 0 Å². The number of carbonyl (C=O) groups excluding carboxylic acids is 2. The fourth-order valence-electron chi connectivity index (χ4n) is 1.66. The number of hydrogen-bond acceptors (Lipinski definition) is 4. The molecule has 0 radical (unpaired) electrons. The average molecular weight is 289 g/mol. The highest BCUT2D eigenvalue weighted by atomic mass is 19.1. The van der Waals surface area contributed by atoms with Gasteiger partial charge in [0.2, 0.25) is 5.91 Å². The standard InChI is InChI=1S/C14H12FN3O3/c15-10-3-1-9(2-4-10)11(19)5-6-13(20)17-12-7-8-16-14(21)18-12/h1-4,7-8H,5-6H2,(H2,16,17,18,20,21). The van der Waals surface area contributed by atoms with E-state index >= 15 is 0 Å². The predicted octanol–water partition coefficient (Wildman–Crippen LogP) is 1.51. The summed E-state index contributed by atoms with van der Waals surface area (Å²) in [5.74, 6) is -0.874. The van der Waals surface area contributed by atoms with Crippen LogP contribution < -0.4 is 11.0 Å². The van der Waals surface area contributed by atoms with Crippen LogP contribution in [0.5, 0.6) is 0 Å². The molecule has 0 spiro atoms. The lowest BCUT2D eigenvalue weighted by atomic mass is 10.1. The van der Waals surface area contributed by atoms with Gasteiger partial charge in [-0.05, 0) is 30.3 Å². The summed E-state index contributed by atoms with van der Waals surface area (Å²) in [6, 6.07) is 6.55. The van der Waals surface area contributed by atoms with Crippen molar-refractivity contribution >= 4 is 17.5 Å². The van der Waals surface area contributed by atoms with Crippen molar-refractivity contribution in [1.29, 1.82) is 0 Å². The largest absolute Gasteiger partial charge is 0.346 e. The Hall–Kier alpha value is -2.83. The Morgan fingerprint density at radius 1 is 1.14 bits per heavy atom. The molecule has 2 rings (SSSR count). The molecule has 6 nitrogen and oxygen atoms in total. The van der Waals surface area contributed by atoms with Crippen molar-refractivity contribution in [3.8, 4) is 0 Å². The van der Waals surface area contributed by atoms with Crippen molar-refractivity contribution < 1.29 is 14.0 Å². The van der Waals surface area contributed by atoms with Crippen LogP contribution in [0, 0.1) is 5.82 Å². The molecular formula is C14H12FN3O3. The fraction of sp³-hybridized carbons (Fsp3) is 0.143. The zero-order valence-electron chi connectivity index (χ0n) is 10.9. The Balaban J connectivity index is 1.87. The molecule has 0 saturated carbocycles. The van der Waals surface area contributed by atoms with E-state index in [1.807, 2.05) is 0 Å². The number of nitrogens with one attached hydrogen (secondary N) is 2. The highest BCUT2D eigenvalue weighted by Crippen LogP contribution is 2.08. The van der Waals surface area contributed by atoms with Crippen LogP contribution >= 0.6 is 0 Å². The highest BCUT2D eigenvalue weighted by molar-refractivity contribution is 5.99. The minimum absolute atomic E-state index is 0.00716. The second kappa shape index (κ2) is 6.56. The second-order valence-corrected chi connectivity index (χ2v) is 4.27. The van der Waals surface area contributed by atoms with E-state index in [-0.39, 0.29) is 24.4 Å². The number of anilines is 1. The third kappa shape index (κ3) is 4.34. The van der Waals surface area contributed by atoms with Crippen LogP contribution in [0.1, 0.15) is 23.2 Å². The molecule has 1 aromatic carbocycles. The van der Waals surface area contributed by atoms with Crippen molar-refractivity contribution in [2.45, 2.75) is 12.8 Å². The molecule has 0 fully saturated rings. The number of halogens is 1. The van der Waals surface area contributed by atoms with E-state index < -0.39 is 17.4 Å². The molecule has 0 aliphatic carbocycles. The van der Waals surface area contributed by atoms with Crippen molar-refractivity contribution in [1.82, 2.24) is 9.97 Å². The maximum Gasteiger partial charge on any atom is 0.346 e. The van der Waals surface area contributed by atoms with Crippen molar-refractivity contribution in [3.05, 3.63) is 58.4 Å². The van der Waals surface area contributed by atoms with Gasteiger partial charge < -0.3 is 5.32 Å². The molecule has 2 N–H and O–H groups in total. The number of rotatable bonds is 5. The quantitative estimate of drug-likeness (QED) is 0.816. The topological polar surface area (TPSA) is 91.9 Å². The third-order valence-corrected chi connectivity index (χ3v) is 2.69. The van der Waals surface area contributed by atoms with Gasteiger partial charge in [0.1, 0.15) is 11.6 Å². The Morgan fingerprint density at radius 3 is 2.52 bits per heavy atom. The van der Waals surface area contributed by atoms with E-state index in [2.05, 4.69) is 15.3 Å². The number of H-pyrrole nitrogens is 1. The lowest BCUT2D eigenvalue weighted by Crippen LogP contribution is -2.18. The van der Waals surface area contributed by atoms with Crippen molar-refractivity contribution in [3.63, 3.8) is 0 Å². The molecule has 108 valence electrons. The summed E-state index contributed by atoms with van der Waals surface area (Å²) in [5.41, 5.74) is -0.225. The molecule has 0 aliphatic rings. The van der Waals surface area contributed by atoms with E-state index in [0.29, 0.717) is 5.56 Å². The Bertz CT molecular complexity index is 710. The van der Waals surface area contributed by atoms with Gasteiger partial charge in [-0.1, -0.05) is 0 Å². The van der Waals surface area contributed by atoms with Gasteiger partial charge in [-0.2, -0.15) is 0 Å². The summed E-state index contributed by atoms with van der Waals surface area (Å²) in [4.78, 5) is 40.2. The molecule has 21 heavy (non-hydrogen) atoms. The summed E-state index contributed by atoms with van der Waals surface area (Å²) < 4.78 is 12.7. The number of amides is 1. The number of aromatic amines is 1. The van der Waals surface area contributed by atoms with Crippen LogP contribution in [-0.2, 0) is 4.79 Å². The van der Waals surface area contributed by atoms with Crippen LogP contribution in [0.2, 0.25) is 0 Å². The van der Waals surface area contributed by atoms with Crippen LogP contribution in [0.15, 0.2) is 41.3 Å². The minimum atomic E-state index is -0.574. The van der Waals surface area contributed by atoms with E-state index in [9.17, 15) is 18.8 Å². The van der Waals surface area contributed by atoms with Gasteiger partial charge in [0, 0.05) is 24.6 Å². The first-order chi connectivity index (χ1) is 10.0.